The van der Waals surface area contributed by atoms with Gasteiger partial charge in [-0.05, 0) is 56.0 Å². The number of carbonyl (C=O) groups is 1. The molecule has 2 aromatic heterocycles. The lowest BCUT2D eigenvalue weighted by molar-refractivity contribution is 0.0697. The number of hydrogen-bond acceptors (Lipinski definition) is 5. The SMILES string of the molecule is CCn1c(=O)ccc2cnc(Nc3ccc(C(=O)N4CCC(C)CC4)cc3)nc21. The minimum absolute atomic E-state index is 0.0809. The monoisotopic (exact) mass is 391 g/mol. The van der Waals surface area contributed by atoms with Gasteiger partial charge in [0.1, 0.15) is 5.65 Å². The van der Waals surface area contributed by atoms with Gasteiger partial charge in [-0.15, -0.1) is 0 Å². The molecule has 3 aromatic rings. The second-order valence-corrected chi connectivity index (χ2v) is 7.57. The highest BCUT2D eigenvalue weighted by Crippen LogP contribution is 2.20. The number of anilines is 2. The van der Waals surface area contributed by atoms with Gasteiger partial charge < -0.3 is 10.2 Å². The Morgan fingerprint density at radius 2 is 1.86 bits per heavy atom. The number of aromatic nitrogens is 3. The molecule has 0 radical (unpaired) electrons. The molecule has 0 atom stereocenters. The van der Waals surface area contributed by atoms with Gasteiger partial charge in [0.2, 0.25) is 5.95 Å². The normalized spacial score (nSPS) is 14.9. The van der Waals surface area contributed by atoms with Crippen molar-refractivity contribution in [3.05, 3.63) is 58.5 Å². The van der Waals surface area contributed by atoms with Crippen LogP contribution in [0, 0.1) is 5.92 Å². The Bertz CT molecular complexity index is 1080. The minimum Gasteiger partial charge on any atom is -0.339 e. The summed E-state index contributed by atoms with van der Waals surface area (Å²) in [6.45, 7) is 6.33. The van der Waals surface area contributed by atoms with Crippen LogP contribution in [0.1, 0.15) is 37.0 Å². The fraction of sp³-hybridized carbons (Fsp3) is 0.364. The predicted octanol–water partition coefficient (Wildman–Crippen LogP) is 3.43. The van der Waals surface area contributed by atoms with E-state index < -0.39 is 0 Å². The molecule has 1 aliphatic rings. The lowest BCUT2D eigenvalue weighted by atomic mass is 9.98. The number of aryl methyl sites for hydroxylation is 1. The van der Waals surface area contributed by atoms with Crippen LogP contribution >= 0.6 is 0 Å². The number of likely N-dealkylation sites (tertiary alicyclic amines) is 1. The molecule has 1 saturated heterocycles. The van der Waals surface area contributed by atoms with Gasteiger partial charge in [0, 0.05) is 48.5 Å². The number of fused-ring (bicyclic) bond motifs is 1. The molecule has 0 bridgehead atoms. The van der Waals surface area contributed by atoms with Crippen LogP contribution in [-0.4, -0.2) is 38.4 Å². The van der Waals surface area contributed by atoms with Gasteiger partial charge in [-0.25, -0.2) is 4.98 Å². The number of nitrogens with one attached hydrogen (secondary N) is 1. The van der Waals surface area contributed by atoms with Crippen LogP contribution in [-0.2, 0) is 6.54 Å². The minimum atomic E-state index is -0.0837. The summed E-state index contributed by atoms with van der Waals surface area (Å²) in [6.07, 6.45) is 3.83. The molecule has 4 rings (SSSR count). The molecule has 0 unspecified atom stereocenters. The number of rotatable bonds is 4. The maximum Gasteiger partial charge on any atom is 0.253 e. The van der Waals surface area contributed by atoms with Crippen molar-refractivity contribution < 1.29 is 4.79 Å². The van der Waals surface area contributed by atoms with E-state index in [1.165, 1.54) is 6.07 Å². The first-order chi connectivity index (χ1) is 14.0. The highest BCUT2D eigenvalue weighted by Gasteiger charge is 2.21. The summed E-state index contributed by atoms with van der Waals surface area (Å²) in [5, 5.41) is 3.97. The van der Waals surface area contributed by atoms with Crippen LogP contribution < -0.4 is 10.9 Å². The van der Waals surface area contributed by atoms with E-state index in [0.717, 1.165) is 37.0 Å². The number of benzene rings is 1. The fourth-order valence-corrected chi connectivity index (χ4v) is 3.66. The van der Waals surface area contributed by atoms with Crippen LogP contribution in [0.15, 0.2) is 47.4 Å². The van der Waals surface area contributed by atoms with E-state index in [2.05, 4.69) is 22.2 Å². The molecular formula is C22H25N5O2. The lowest BCUT2D eigenvalue weighted by Crippen LogP contribution is -2.37. The van der Waals surface area contributed by atoms with E-state index in [4.69, 9.17) is 0 Å². The van der Waals surface area contributed by atoms with E-state index in [9.17, 15) is 9.59 Å². The molecule has 1 aromatic carbocycles. The Kier molecular flexibility index (Phi) is 5.29. The van der Waals surface area contributed by atoms with Crippen molar-refractivity contribution in [3.8, 4) is 0 Å². The number of amides is 1. The fourth-order valence-electron chi connectivity index (χ4n) is 3.66. The Morgan fingerprint density at radius 1 is 1.14 bits per heavy atom. The molecule has 150 valence electrons. The highest BCUT2D eigenvalue weighted by molar-refractivity contribution is 5.94. The van der Waals surface area contributed by atoms with Crippen LogP contribution in [0.3, 0.4) is 0 Å². The van der Waals surface area contributed by atoms with Crippen molar-refractivity contribution in [3.63, 3.8) is 0 Å². The third-order valence-corrected chi connectivity index (χ3v) is 5.50. The van der Waals surface area contributed by atoms with Crippen molar-refractivity contribution in [1.29, 1.82) is 0 Å². The Morgan fingerprint density at radius 3 is 2.55 bits per heavy atom. The second-order valence-electron chi connectivity index (χ2n) is 7.57. The first-order valence-electron chi connectivity index (χ1n) is 10.1. The molecule has 7 nitrogen and oxygen atoms in total. The second kappa shape index (κ2) is 8.03. The third-order valence-electron chi connectivity index (χ3n) is 5.50. The topological polar surface area (TPSA) is 80.1 Å². The van der Waals surface area contributed by atoms with Crippen molar-refractivity contribution >= 4 is 28.6 Å². The van der Waals surface area contributed by atoms with Crippen LogP contribution in [0.2, 0.25) is 0 Å². The van der Waals surface area contributed by atoms with Crippen molar-refractivity contribution in [2.24, 2.45) is 5.92 Å². The van der Waals surface area contributed by atoms with E-state index in [1.807, 2.05) is 36.1 Å². The van der Waals surface area contributed by atoms with Gasteiger partial charge in [-0.2, -0.15) is 4.98 Å². The molecule has 29 heavy (non-hydrogen) atoms. The Hall–Kier alpha value is -3.22. The molecule has 1 aliphatic heterocycles. The smallest absolute Gasteiger partial charge is 0.253 e. The zero-order chi connectivity index (χ0) is 20.4. The molecule has 7 heteroatoms. The van der Waals surface area contributed by atoms with Gasteiger partial charge in [0.25, 0.3) is 11.5 Å². The number of piperidine rings is 1. The Labute approximate surface area is 169 Å². The molecular weight excluding hydrogens is 366 g/mol. The van der Waals surface area contributed by atoms with E-state index in [1.54, 1.807) is 16.8 Å². The zero-order valence-electron chi connectivity index (χ0n) is 16.8. The summed E-state index contributed by atoms with van der Waals surface area (Å²) in [6, 6.07) is 10.6. The first-order valence-corrected chi connectivity index (χ1v) is 10.1. The molecule has 1 N–H and O–H groups in total. The summed E-state index contributed by atoms with van der Waals surface area (Å²) in [7, 11) is 0. The molecule has 0 saturated carbocycles. The standard InChI is InChI=1S/C22H25N5O2/c1-3-27-19(28)9-6-17-14-23-22(25-20(17)27)24-18-7-4-16(5-8-18)21(29)26-12-10-15(2)11-13-26/h4-9,14-15H,3,10-13H2,1-2H3,(H,23,24,25). The van der Waals surface area contributed by atoms with Crippen LogP contribution in [0.4, 0.5) is 11.6 Å². The summed E-state index contributed by atoms with van der Waals surface area (Å²) in [5.74, 6) is 1.18. The number of nitrogens with zero attached hydrogens (tertiary/aromatic N) is 4. The molecule has 1 fully saturated rings. The number of hydrogen-bond donors (Lipinski definition) is 1. The zero-order valence-corrected chi connectivity index (χ0v) is 16.8. The maximum atomic E-state index is 12.7. The lowest BCUT2D eigenvalue weighted by Gasteiger charge is -2.30. The van der Waals surface area contributed by atoms with Gasteiger partial charge in [-0.1, -0.05) is 6.92 Å². The van der Waals surface area contributed by atoms with Gasteiger partial charge in [0.15, 0.2) is 0 Å². The van der Waals surface area contributed by atoms with Crippen LogP contribution in [0.5, 0.6) is 0 Å². The quantitative estimate of drug-likeness (QED) is 0.737. The first kappa shape index (κ1) is 19.1. The van der Waals surface area contributed by atoms with Gasteiger partial charge in [-0.3, -0.25) is 14.2 Å². The maximum absolute atomic E-state index is 12.7. The summed E-state index contributed by atoms with van der Waals surface area (Å²) < 4.78 is 1.61. The molecule has 1 amide bonds. The predicted molar refractivity (Wildman–Crippen MR) is 113 cm³/mol. The largest absolute Gasteiger partial charge is 0.339 e. The molecule has 0 aliphatic carbocycles. The van der Waals surface area contributed by atoms with E-state index >= 15 is 0 Å². The summed E-state index contributed by atoms with van der Waals surface area (Å²) in [4.78, 5) is 35.5. The molecule has 3 heterocycles. The van der Waals surface area contributed by atoms with Crippen LogP contribution in [0.25, 0.3) is 11.0 Å². The average Bonchev–Trinajstić information content (AvgIpc) is 2.74. The van der Waals surface area contributed by atoms with Crippen molar-refractivity contribution in [1.82, 2.24) is 19.4 Å². The van der Waals surface area contributed by atoms with Gasteiger partial charge >= 0.3 is 0 Å². The van der Waals surface area contributed by atoms with Crippen molar-refractivity contribution in [2.75, 3.05) is 18.4 Å². The summed E-state index contributed by atoms with van der Waals surface area (Å²) >= 11 is 0. The highest BCUT2D eigenvalue weighted by atomic mass is 16.2. The van der Waals surface area contributed by atoms with Crippen molar-refractivity contribution in [2.45, 2.75) is 33.2 Å². The number of carbonyl (C=O) groups excluding carboxylic acids is 1. The average molecular weight is 391 g/mol. The Balaban J connectivity index is 1.51. The molecule has 0 spiro atoms. The third kappa shape index (κ3) is 3.99. The van der Waals surface area contributed by atoms with E-state index in [-0.39, 0.29) is 11.5 Å². The van der Waals surface area contributed by atoms with E-state index in [0.29, 0.717) is 29.6 Å². The summed E-state index contributed by atoms with van der Waals surface area (Å²) in [5.41, 5.74) is 1.99. The number of pyridine rings is 1. The van der Waals surface area contributed by atoms with Gasteiger partial charge in [0.05, 0.1) is 0 Å².